The number of aromatic nitrogens is 1. The van der Waals surface area contributed by atoms with Gasteiger partial charge in [0.2, 0.25) is 0 Å². The van der Waals surface area contributed by atoms with Gasteiger partial charge in [0, 0.05) is 49.2 Å². The summed E-state index contributed by atoms with van der Waals surface area (Å²) in [5, 5.41) is 41.7. The molecule has 1 unspecified atom stereocenters. The summed E-state index contributed by atoms with van der Waals surface area (Å²) < 4.78 is 12.5. The second kappa shape index (κ2) is 18.3. The number of nitriles is 1. The number of rotatable bonds is 17. The molecule has 1 atom stereocenters. The maximum Gasteiger partial charge on any atom is 0.142 e. The molecule has 0 saturated carbocycles. The standard InChI is InChI=1S/C40H47ClN4O5/c1-27-31(7-3-4-13-45-14-12-35(48)22-45)8-5-10-36(27)37-11-6-9-32(28(37)2)26-50-40-17-39(49-25-30-15-29(18-42)19-43-20-30)33(16-38(40)41)21-44-34(23-46)24-47/h5-6,8-11,15-17,19-20,34-35,44,46-48H,3-4,7,12-14,21-26H2,1-2H3. The number of hydrogen-bond acceptors (Lipinski definition) is 9. The molecular formula is C40H47ClN4O5. The van der Waals surface area contributed by atoms with Crippen molar-refractivity contribution in [1.29, 1.82) is 5.26 Å². The molecular weight excluding hydrogens is 652 g/mol. The van der Waals surface area contributed by atoms with E-state index in [1.54, 1.807) is 24.4 Å². The van der Waals surface area contributed by atoms with Crippen molar-refractivity contribution in [1.82, 2.24) is 15.2 Å². The van der Waals surface area contributed by atoms with Gasteiger partial charge in [0.05, 0.1) is 35.9 Å². The number of pyridine rings is 1. The van der Waals surface area contributed by atoms with Crippen molar-refractivity contribution in [3.63, 3.8) is 0 Å². The number of nitrogens with zero attached hydrogens (tertiary/aromatic N) is 3. The second-order valence-corrected chi connectivity index (χ2v) is 13.4. The Bertz CT molecular complexity index is 1770. The molecule has 2 heterocycles. The molecule has 0 radical (unpaired) electrons. The maximum absolute atomic E-state index is 9.81. The minimum Gasteiger partial charge on any atom is -0.488 e. The molecule has 50 heavy (non-hydrogen) atoms. The van der Waals surface area contributed by atoms with E-state index in [0.717, 1.165) is 67.6 Å². The third-order valence-electron chi connectivity index (χ3n) is 9.44. The molecule has 5 rings (SSSR count). The Hall–Kier alpha value is -4.01. The summed E-state index contributed by atoms with van der Waals surface area (Å²) in [5.74, 6) is 0.978. The van der Waals surface area contributed by atoms with E-state index in [0.29, 0.717) is 35.2 Å². The number of aryl methyl sites for hydroxylation is 1. The Morgan fingerprint density at radius 3 is 2.36 bits per heavy atom. The monoisotopic (exact) mass is 698 g/mol. The van der Waals surface area contributed by atoms with E-state index in [4.69, 9.17) is 21.1 Å². The van der Waals surface area contributed by atoms with E-state index >= 15 is 0 Å². The summed E-state index contributed by atoms with van der Waals surface area (Å²) >= 11 is 6.74. The van der Waals surface area contributed by atoms with Crippen LogP contribution in [0.15, 0.2) is 67.0 Å². The number of β-amino-alcohol motifs (C(OH)–C–C–N with tert-alkyl or cyclic N) is 1. The van der Waals surface area contributed by atoms with Gasteiger partial charge in [0.15, 0.2) is 0 Å². The van der Waals surface area contributed by atoms with Gasteiger partial charge in [-0.2, -0.15) is 5.26 Å². The molecule has 0 aliphatic carbocycles. The molecule has 4 aromatic rings. The molecule has 1 aliphatic rings. The van der Waals surface area contributed by atoms with Gasteiger partial charge in [-0.1, -0.05) is 48.0 Å². The van der Waals surface area contributed by atoms with Crippen LogP contribution in [0.5, 0.6) is 11.5 Å². The predicted octanol–water partition coefficient (Wildman–Crippen LogP) is 5.88. The van der Waals surface area contributed by atoms with E-state index in [1.165, 1.54) is 28.5 Å². The molecule has 1 saturated heterocycles. The van der Waals surface area contributed by atoms with Crippen LogP contribution in [0.3, 0.4) is 0 Å². The lowest BCUT2D eigenvalue weighted by atomic mass is 9.90. The van der Waals surface area contributed by atoms with E-state index in [2.05, 4.69) is 71.5 Å². The zero-order valence-electron chi connectivity index (χ0n) is 28.9. The quantitative estimate of drug-likeness (QED) is 0.0999. The van der Waals surface area contributed by atoms with Gasteiger partial charge in [0.1, 0.15) is 30.8 Å². The fourth-order valence-electron chi connectivity index (χ4n) is 6.39. The fraction of sp³-hybridized carbons (Fsp3) is 0.400. The minimum absolute atomic E-state index is 0.169. The molecule has 0 amide bonds. The number of aliphatic hydroxyl groups is 3. The molecule has 3 aromatic carbocycles. The number of unbranched alkanes of at least 4 members (excludes halogenated alkanes) is 1. The summed E-state index contributed by atoms with van der Waals surface area (Å²) in [6.45, 7) is 7.47. The molecule has 10 heteroatoms. The first kappa shape index (κ1) is 37.3. The summed E-state index contributed by atoms with van der Waals surface area (Å²) in [6.07, 6.45) is 7.11. The van der Waals surface area contributed by atoms with Gasteiger partial charge in [0.25, 0.3) is 0 Å². The molecule has 1 aliphatic heterocycles. The molecule has 1 aromatic heterocycles. The van der Waals surface area contributed by atoms with Crippen LogP contribution in [0.1, 0.15) is 58.2 Å². The first-order valence-corrected chi connectivity index (χ1v) is 17.6. The zero-order valence-corrected chi connectivity index (χ0v) is 29.6. The lowest BCUT2D eigenvalue weighted by Gasteiger charge is -2.19. The SMILES string of the molecule is Cc1c(CCCCN2CCC(O)C2)cccc1-c1cccc(COc2cc(OCc3cncc(C#N)c3)c(CNC(CO)CO)cc2Cl)c1C. The Morgan fingerprint density at radius 1 is 0.940 bits per heavy atom. The van der Waals surface area contributed by atoms with Crippen molar-refractivity contribution in [3.8, 4) is 28.7 Å². The number of ether oxygens (including phenoxy) is 2. The van der Waals surface area contributed by atoms with Gasteiger partial charge in [-0.25, -0.2) is 0 Å². The summed E-state index contributed by atoms with van der Waals surface area (Å²) in [7, 11) is 0. The van der Waals surface area contributed by atoms with Crippen molar-refractivity contribution in [3.05, 3.63) is 111 Å². The third-order valence-corrected chi connectivity index (χ3v) is 9.73. The highest BCUT2D eigenvalue weighted by Gasteiger charge is 2.19. The Morgan fingerprint density at radius 2 is 1.66 bits per heavy atom. The molecule has 0 bridgehead atoms. The van der Waals surface area contributed by atoms with E-state index < -0.39 is 6.04 Å². The minimum atomic E-state index is -0.496. The van der Waals surface area contributed by atoms with Crippen LogP contribution in [0.2, 0.25) is 5.02 Å². The zero-order chi connectivity index (χ0) is 35.5. The van der Waals surface area contributed by atoms with Crippen molar-refractivity contribution < 1.29 is 24.8 Å². The largest absolute Gasteiger partial charge is 0.488 e. The van der Waals surface area contributed by atoms with Crippen LogP contribution in [0.25, 0.3) is 11.1 Å². The van der Waals surface area contributed by atoms with Gasteiger partial charge in [-0.05, 0) is 91.6 Å². The van der Waals surface area contributed by atoms with Crippen molar-refractivity contribution in [2.75, 3.05) is 32.8 Å². The van der Waals surface area contributed by atoms with Crippen LogP contribution < -0.4 is 14.8 Å². The molecule has 0 spiro atoms. The summed E-state index contributed by atoms with van der Waals surface area (Å²) in [4.78, 5) is 6.48. The summed E-state index contributed by atoms with van der Waals surface area (Å²) in [6, 6.07) is 19.7. The number of likely N-dealkylation sites (tertiary alicyclic amines) is 1. The highest BCUT2D eigenvalue weighted by Crippen LogP contribution is 2.36. The number of nitrogens with one attached hydrogen (secondary N) is 1. The fourth-order valence-corrected chi connectivity index (χ4v) is 6.63. The van der Waals surface area contributed by atoms with E-state index in [9.17, 15) is 20.6 Å². The molecule has 1 fully saturated rings. The first-order chi connectivity index (χ1) is 24.3. The highest BCUT2D eigenvalue weighted by atomic mass is 35.5. The smallest absolute Gasteiger partial charge is 0.142 e. The topological polar surface area (TPSA) is 131 Å². The van der Waals surface area contributed by atoms with Crippen LogP contribution in [0.4, 0.5) is 0 Å². The third kappa shape index (κ3) is 9.82. The lowest BCUT2D eigenvalue weighted by molar-refractivity contribution is 0.169. The highest BCUT2D eigenvalue weighted by molar-refractivity contribution is 6.32. The average molecular weight is 699 g/mol. The molecule has 4 N–H and O–H groups in total. The number of hydrogen-bond donors (Lipinski definition) is 4. The van der Waals surface area contributed by atoms with E-state index in [1.807, 2.05) is 0 Å². The maximum atomic E-state index is 9.81. The van der Waals surface area contributed by atoms with Crippen LogP contribution in [-0.4, -0.2) is 70.2 Å². The van der Waals surface area contributed by atoms with Gasteiger partial charge in [-0.15, -0.1) is 0 Å². The van der Waals surface area contributed by atoms with Gasteiger partial charge < -0.3 is 35.0 Å². The Labute approximate surface area is 300 Å². The molecule has 9 nitrogen and oxygen atoms in total. The Balaban J connectivity index is 1.30. The number of aliphatic hydroxyl groups excluding tert-OH is 3. The van der Waals surface area contributed by atoms with Crippen molar-refractivity contribution in [2.45, 2.75) is 71.4 Å². The average Bonchev–Trinajstić information content (AvgIpc) is 3.55. The number of halogens is 1. The van der Waals surface area contributed by atoms with Gasteiger partial charge in [-0.3, -0.25) is 4.98 Å². The van der Waals surface area contributed by atoms with Crippen molar-refractivity contribution in [2.24, 2.45) is 0 Å². The Kier molecular flexibility index (Phi) is 13.6. The van der Waals surface area contributed by atoms with Crippen LogP contribution in [-0.2, 0) is 26.2 Å². The predicted molar refractivity (Wildman–Crippen MR) is 195 cm³/mol. The lowest BCUT2D eigenvalue weighted by Crippen LogP contribution is -2.35. The van der Waals surface area contributed by atoms with Crippen LogP contribution >= 0.6 is 11.6 Å². The second-order valence-electron chi connectivity index (χ2n) is 13.0. The first-order valence-electron chi connectivity index (χ1n) is 17.2. The van der Waals surface area contributed by atoms with Gasteiger partial charge >= 0.3 is 0 Å². The van der Waals surface area contributed by atoms with E-state index in [-0.39, 0.29) is 25.9 Å². The van der Waals surface area contributed by atoms with Crippen molar-refractivity contribution >= 4 is 11.6 Å². The molecule has 264 valence electrons. The normalized spacial score (nSPS) is 14.6. The summed E-state index contributed by atoms with van der Waals surface area (Å²) in [5.41, 5.74) is 9.11. The van der Waals surface area contributed by atoms with Crippen LogP contribution in [0, 0.1) is 25.2 Å². The number of benzene rings is 3.